The Kier molecular flexibility index (Phi) is 7.38. The lowest BCUT2D eigenvalue weighted by Crippen LogP contribution is -2.29. The highest BCUT2D eigenvalue weighted by Crippen LogP contribution is 2.44. The van der Waals surface area contributed by atoms with Crippen molar-refractivity contribution in [1.82, 2.24) is 0 Å². The van der Waals surface area contributed by atoms with Crippen LogP contribution in [0.5, 0.6) is 23.0 Å². The van der Waals surface area contributed by atoms with Crippen molar-refractivity contribution in [2.75, 3.05) is 26.2 Å². The molecule has 1 aliphatic heterocycles. The molecule has 3 aromatic rings. The SMILES string of the molecule is COc1cccc(N2C(=O)C(=O)/C(=C(/O)c3cc(OC)ccc3OC)C2c2cccc(OC(C)C)c2)c1. The maximum Gasteiger partial charge on any atom is 0.300 e. The van der Waals surface area contributed by atoms with Gasteiger partial charge in [-0.2, -0.15) is 0 Å². The first kappa shape index (κ1) is 25.6. The number of nitrogens with zero attached hydrogens (tertiary/aromatic N) is 1. The van der Waals surface area contributed by atoms with E-state index < -0.39 is 17.7 Å². The number of aliphatic hydroxyl groups excluding tert-OH is 1. The van der Waals surface area contributed by atoms with Crippen molar-refractivity contribution in [3.8, 4) is 23.0 Å². The second kappa shape index (κ2) is 10.7. The van der Waals surface area contributed by atoms with Crippen molar-refractivity contribution in [2.24, 2.45) is 0 Å². The Labute approximate surface area is 215 Å². The number of amides is 1. The minimum absolute atomic E-state index is 0.0823. The highest BCUT2D eigenvalue weighted by Gasteiger charge is 2.47. The molecule has 1 amide bonds. The third-order valence-electron chi connectivity index (χ3n) is 5.98. The van der Waals surface area contributed by atoms with E-state index in [-0.39, 0.29) is 23.0 Å². The molecule has 0 aromatic heterocycles. The molecule has 37 heavy (non-hydrogen) atoms. The van der Waals surface area contributed by atoms with E-state index in [0.29, 0.717) is 34.2 Å². The van der Waals surface area contributed by atoms with Gasteiger partial charge in [0, 0.05) is 11.8 Å². The van der Waals surface area contributed by atoms with Gasteiger partial charge in [0.25, 0.3) is 11.7 Å². The normalized spacial score (nSPS) is 16.7. The molecule has 8 heteroatoms. The average molecular weight is 504 g/mol. The fourth-order valence-electron chi connectivity index (χ4n) is 4.35. The lowest BCUT2D eigenvalue weighted by Gasteiger charge is -2.26. The molecule has 192 valence electrons. The Morgan fingerprint density at radius 3 is 2.19 bits per heavy atom. The number of Topliss-reactive ketones (excluding diaryl/α,β-unsaturated/α-hetero) is 1. The molecule has 8 nitrogen and oxygen atoms in total. The lowest BCUT2D eigenvalue weighted by atomic mass is 9.94. The standard InChI is InChI=1S/C29H29NO7/c1-17(2)37-22-11-6-8-18(14-22)26-25(27(31)23-16-21(35-4)12-13-24(23)36-5)28(32)29(33)30(26)19-9-7-10-20(15-19)34-3/h6-17,26,31H,1-5H3/b27-25+. The van der Waals surface area contributed by atoms with E-state index >= 15 is 0 Å². The summed E-state index contributed by atoms with van der Waals surface area (Å²) in [5.74, 6) is -0.121. The molecule has 0 aliphatic carbocycles. The largest absolute Gasteiger partial charge is 0.507 e. The fraction of sp³-hybridized carbons (Fsp3) is 0.241. The van der Waals surface area contributed by atoms with Gasteiger partial charge in [0.1, 0.15) is 28.8 Å². The molecule has 1 fully saturated rings. The van der Waals surface area contributed by atoms with Gasteiger partial charge in [-0.1, -0.05) is 18.2 Å². The summed E-state index contributed by atoms with van der Waals surface area (Å²) in [5.41, 5.74) is 1.17. The fourth-order valence-corrected chi connectivity index (χ4v) is 4.35. The summed E-state index contributed by atoms with van der Waals surface area (Å²) in [6, 6.07) is 17.9. The Morgan fingerprint density at radius 2 is 1.51 bits per heavy atom. The second-order valence-corrected chi connectivity index (χ2v) is 8.68. The molecule has 1 aliphatic rings. The number of methoxy groups -OCH3 is 3. The van der Waals surface area contributed by atoms with Gasteiger partial charge < -0.3 is 24.1 Å². The topological polar surface area (TPSA) is 94.5 Å². The van der Waals surface area contributed by atoms with Crippen molar-refractivity contribution in [1.29, 1.82) is 0 Å². The van der Waals surface area contributed by atoms with E-state index in [2.05, 4.69) is 0 Å². The number of benzene rings is 3. The molecule has 1 saturated heterocycles. The number of ether oxygens (including phenoxy) is 4. The lowest BCUT2D eigenvalue weighted by molar-refractivity contribution is -0.132. The first-order valence-electron chi connectivity index (χ1n) is 11.7. The first-order valence-corrected chi connectivity index (χ1v) is 11.7. The Bertz CT molecular complexity index is 1360. The molecular weight excluding hydrogens is 474 g/mol. The van der Waals surface area contributed by atoms with Crippen LogP contribution in [0.3, 0.4) is 0 Å². The first-order chi connectivity index (χ1) is 17.8. The van der Waals surface area contributed by atoms with E-state index in [1.165, 1.54) is 26.2 Å². The highest BCUT2D eigenvalue weighted by atomic mass is 16.5. The van der Waals surface area contributed by atoms with Gasteiger partial charge in [-0.25, -0.2) is 0 Å². The quantitative estimate of drug-likeness (QED) is 0.259. The number of carbonyl (C=O) groups excluding carboxylic acids is 2. The highest BCUT2D eigenvalue weighted by molar-refractivity contribution is 6.51. The van der Waals surface area contributed by atoms with Crippen LogP contribution in [-0.2, 0) is 9.59 Å². The van der Waals surface area contributed by atoms with Crippen LogP contribution in [0.25, 0.3) is 5.76 Å². The van der Waals surface area contributed by atoms with Crippen LogP contribution in [0.1, 0.15) is 31.0 Å². The van der Waals surface area contributed by atoms with Gasteiger partial charge in [0.2, 0.25) is 0 Å². The zero-order valence-electron chi connectivity index (χ0n) is 21.3. The summed E-state index contributed by atoms with van der Waals surface area (Å²) >= 11 is 0. The zero-order chi connectivity index (χ0) is 26.7. The predicted octanol–water partition coefficient (Wildman–Crippen LogP) is 5.13. The van der Waals surface area contributed by atoms with Crippen molar-refractivity contribution in [2.45, 2.75) is 26.0 Å². The van der Waals surface area contributed by atoms with E-state index in [4.69, 9.17) is 18.9 Å². The number of ketones is 1. The Morgan fingerprint density at radius 1 is 0.838 bits per heavy atom. The van der Waals surface area contributed by atoms with Gasteiger partial charge in [-0.05, 0) is 61.9 Å². The third kappa shape index (κ3) is 4.95. The molecule has 0 radical (unpaired) electrons. The van der Waals surface area contributed by atoms with E-state index in [1.807, 2.05) is 13.8 Å². The van der Waals surface area contributed by atoms with E-state index in [0.717, 1.165) is 0 Å². The predicted molar refractivity (Wildman–Crippen MR) is 140 cm³/mol. The molecule has 3 aromatic carbocycles. The average Bonchev–Trinajstić information content (AvgIpc) is 3.17. The zero-order valence-corrected chi connectivity index (χ0v) is 21.3. The number of aliphatic hydroxyl groups is 1. The third-order valence-corrected chi connectivity index (χ3v) is 5.98. The molecule has 1 atom stereocenters. The number of anilines is 1. The van der Waals surface area contributed by atoms with Gasteiger partial charge in [0.15, 0.2) is 0 Å². The van der Waals surface area contributed by atoms with Gasteiger partial charge >= 0.3 is 0 Å². The van der Waals surface area contributed by atoms with E-state index in [9.17, 15) is 14.7 Å². The summed E-state index contributed by atoms with van der Waals surface area (Å²) in [7, 11) is 4.47. The minimum Gasteiger partial charge on any atom is -0.507 e. The summed E-state index contributed by atoms with van der Waals surface area (Å²) in [6.45, 7) is 3.81. The Hall–Kier alpha value is -4.46. The van der Waals surface area contributed by atoms with Crippen LogP contribution in [0, 0.1) is 0 Å². The molecular formula is C29H29NO7. The van der Waals surface area contributed by atoms with Crippen LogP contribution in [0.2, 0.25) is 0 Å². The molecule has 0 bridgehead atoms. The minimum atomic E-state index is -0.946. The van der Waals surface area contributed by atoms with Crippen molar-refractivity contribution in [3.63, 3.8) is 0 Å². The van der Waals surface area contributed by atoms with Crippen molar-refractivity contribution >= 4 is 23.1 Å². The van der Waals surface area contributed by atoms with Crippen LogP contribution < -0.4 is 23.8 Å². The van der Waals surface area contributed by atoms with Crippen LogP contribution in [0.15, 0.2) is 72.3 Å². The summed E-state index contributed by atoms with van der Waals surface area (Å²) in [4.78, 5) is 28.4. The van der Waals surface area contributed by atoms with Crippen molar-refractivity contribution in [3.05, 3.63) is 83.4 Å². The van der Waals surface area contributed by atoms with Crippen LogP contribution in [0.4, 0.5) is 5.69 Å². The number of hydrogen-bond acceptors (Lipinski definition) is 7. The van der Waals surface area contributed by atoms with Gasteiger partial charge in [0.05, 0.1) is 44.6 Å². The summed E-state index contributed by atoms with van der Waals surface area (Å²) in [6.07, 6.45) is -0.0824. The molecule has 1 heterocycles. The maximum atomic E-state index is 13.5. The number of carbonyl (C=O) groups is 2. The Balaban J connectivity index is 1.98. The molecule has 1 unspecified atom stereocenters. The van der Waals surface area contributed by atoms with Gasteiger partial charge in [-0.15, -0.1) is 0 Å². The number of rotatable bonds is 8. The number of hydrogen-bond donors (Lipinski definition) is 1. The van der Waals surface area contributed by atoms with E-state index in [1.54, 1.807) is 66.7 Å². The molecule has 4 rings (SSSR count). The summed E-state index contributed by atoms with van der Waals surface area (Å²) < 4.78 is 22.0. The van der Waals surface area contributed by atoms with Crippen LogP contribution in [-0.4, -0.2) is 44.2 Å². The molecule has 1 N–H and O–H groups in total. The smallest absolute Gasteiger partial charge is 0.300 e. The van der Waals surface area contributed by atoms with Crippen molar-refractivity contribution < 1.29 is 33.6 Å². The van der Waals surface area contributed by atoms with Crippen LogP contribution >= 0.6 is 0 Å². The molecule has 0 saturated carbocycles. The molecule has 0 spiro atoms. The monoisotopic (exact) mass is 503 g/mol. The maximum absolute atomic E-state index is 13.5. The van der Waals surface area contributed by atoms with Gasteiger partial charge in [-0.3, -0.25) is 14.5 Å². The summed E-state index contributed by atoms with van der Waals surface area (Å²) in [5, 5.41) is 11.5. The second-order valence-electron chi connectivity index (χ2n) is 8.68.